The predicted molar refractivity (Wildman–Crippen MR) is 109 cm³/mol. The standard InChI is InChI=1S/C22H31N3O3/c1-4-28-21(26)19-18(13-23-16-8-6-5-7-9-16)24-22(27)25-20(19)17-12-14(2)10-11-15(17)3/h10-12,16,20,23H,4-9,13H2,1-3H3,(H2,24,25,27)/t20-/m1/s1. The summed E-state index contributed by atoms with van der Waals surface area (Å²) < 4.78 is 5.34. The van der Waals surface area contributed by atoms with E-state index in [2.05, 4.69) is 16.0 Å². The summed E-state index contributed by atoms with van der Waals surface area (Å²) in [4.78, 5) is 25.2. The number of hydrogen-bond acceptors (Lipinski definition) is 4. The van der Waals surface area contributed by atoms with Crippen LogP contribution in [0.15, 0.2) is 29.5 Å². The Morgan fingerprint density at radius 1 is 1.21 bits per heavy atom. The molecule has 6 nitrogen and oxygen atoms in total. The van der Waals surface area contributed by atoms with Crippen molar-refractivity contribution in [3.05, 3.63) is 46.2 Å². The minimum atomic E-state index is -0.518. The highest BCUT2D eigenvalue weighted by Gasteiger charge is 2.34. The van der Waals surface area contributed by atoms with E-state index in [1.165, 1.54) is 19.3 Å². The molecule has 3 rings (SSSR count). The number of carbonyl (C=O) groups excluding carboxylic acids is 2. The van der Waals surface area contributed by atoms with E-state index in [-0.39, 0.29) is 12.0 Å². The first kappa shape index (κ1) is 20.4. The number of esters is 1. The van der Waals surface area contributed by atoms with E-state index in [0.717, 1.165) is 29.5 Å². The molecular weight excluding hydrogens is 354 g/mol. The molecule has 0 spiro atoms. The van der Waals surface area contributed by atoms with Gasteiger partial charge in [0.25, 0.3) is 0 Å². The Kier molecular flexibility index (Phi) is 6.73. The Morgan fingerprint density at radius 3 is 2.68 bits per heavy atom. The normalized spacial score (nSPS) is 20.5. The van der Waals surface area contributed by atoms with Crippen molar-refractivity contribution in [2.45, 2.75) is 65.0 Å². The lowest BCUT2D eigenvalue weighted by Crippen LogP contribution is -2.49. The third-order valence-electron chi connectivity index (χ3n) is 5.57. The van der Waals surface area contributed by atoms with E-state index < -0.39 is 6.04 Å². The van der Waals surface area contributed by atoms with E-state index >= 15 is 0 Å². The van der Waals surface area contributed by atoms with Crippen LogP contribution in [0.3, 0.4) is 0 Å². The van der Waals surface area contributed by atoms with Gasteiger partial charge in [-0.25, -0.2) is 9.59 Å². The van der Waals surface area contributed by atoms with E-state index in [9.17, 15) is 9.59 Å². The maximum Gasteiger partial charge on any atom is 0.338 e. The third-order valence-corrected chi connectivity index (χ3v) is 5.57. The number of urea groups is 1. The van der Waals surface area contributed by atoms with Crippen molar-refractivity contribution in [3.8, 4) is 0 Å². The summed E-state index contributed by atoms with van der Waals surface area (Å²) >= 11 is 0. The second kappa shape index (κ2) is 9.24. The number of aryl methyl sites for hydroxylation is 2. The molecule has 6 heteroatoms. The molecule has 1 atom stereocenters. The van der Waals surface area contributed by atoms with Gasteiger partial charge >= 0.3 is 12.0 Å². The summed E-state index contributed by atoms with van der Waals surface area (Å²) in [7, 11) is 0. The molecule has 0 radical (unpaired) electrons. The van der Waals surface area contributed by atoms with Crippen molar-refractivity contribution in [2.75, 3.05) is 13.2 Å². The van der Waals surface area contributed by atoms with Crippen molar-refractivity contribution >= 4 is 12.0 Å². The zero-order valence-electron chi connectivity index (χ0n) is 17.1. The van der Waals surface area contributed by atoms with Crippen LogP contribution in [-0.2, 0) is 9.53 Å². The number of nitrogens with one attached hydrogen (secondary N) is 3. The molecule has 3 N–H and O–H groups in total. The second-order valence-electron chi connectivity index (χ2n) is 7.72. The summed E-state index contributed by atoms with van der Waals surface area (Å²) in [5.41, 5.74) is 4.13. The van der Waals surface area contributed by atoms with Gasteiger partial charge in [-0.2, -0.15) is 0 Å². The third kappa shape index (κ3) is 4.73. The quantitative estimate of drug-likeness (QED) is 0.656. The lowest BCUT2D eigenvalue weighted by atomic mass is 9.90. The van der Waals surface area contributed by atoms with Crippen LogP contribution in [-0.4, -0.2) is 31.2 Å². The highest BCUT2D eigenvalue weighted by Crippen LogP contribution is 2.30. The summed E-state index contributed by atoms with van der Waals surface area (Å²) in [5.74, 6) is -0.388. The van der Waals surface area contributed by atoms with E-state index in [4.69, 9.17) is 4.74 Å². The maximum absolute atomic E-state index is 12.8. The molecule has 1 saturated carbocycles. The number of benzene rings is 1. The summed E-state index contributed by atoms with van der Waals surface area (Å²) in [6.07, 6.45) is 5.99. The van der Waals surface area contributed by atoms with Gasteiger partial charge in [0.15, 0.2) is 0 Å². The predicted octanol–water partition coefficient (Wildman–Crippen LogP) is 3.40. The molecule has 152 valence electrons. The lowest BCUT2D eigenvalue weighted by molar-refractivity contribution is -0.139. The SMILES string of the molecule is CCOC(=O)C1=C(CNC2CCCCC2)NC(=O)N[C@@H]1c1cc(C)ccc1C. The van der Waals surface area contributed by atoms with Gasteiger partial charge in [-0.1, -0.05) is 43.0 Å². The fraction of sp³-hybridized carbons (Fsp3) is 0.545. The highest BCUT2D eigenvalue weighted by molar-refractivity contribution is 5.95. The fourth-order valence-electron chi connectivity index (χ4n) is 4.06. The van der Waals surface area contributed by atoms with Gasteiger partial charge in [-0.05, 0) is 44.7 Å². The van der Waals surface area contributed by atoms with Crippen molar-refractivity contribution in [1.82, 2.24) is 16.0 Å². The molecule has 28 heavy (non-hydrogen) atoms. The van der Waals surface area contributed by atoms with Crippen LogP contribution < -0.4 is 16.0 Å². The molecule has 0 saturated heterocycles. The van der Waals surface area contributed by atoms with Crippen LogP contribution in [0.2, 0.25) is 0 Å². The Balaban J connectivity index is 1.95. The molecule has 2 amide bonds. The second-order valence-corrected chi connectivity index (χ2v) is 7.72. The topological polar surface area (TPSA) is 79.5 Å². The van der Waals surface area contributed by atoms with Crippen LogP contribution >= 0.6 is 0 Å². The van der Waals surface area contributed by atoms with Gasteiger partial charge < -0.3 is 20.7 Å². The van der Waals surface area contributed by atoms with E-state index in [1.807, 2.05) is 32.0 Å². The molecule has 0 bridgehead atoms. The average molecular weight is 386 g/mol. The molecule has 2 aliphatic rings. The first-order chi connectivity index (χ1) is 13.5. The molecule has 0 aromatic heterocycles. The van der Waals surface area contributed by atoms with Gasteiger partial charge in [-0.15, -0.1) is 0 Å². The van der Waals surface area contributed by atoms with Crippen LogP contribution in [0, 0.1) is 13.8 Å². The number of carbonyl (C=O) groups is 2. The summed E-state index contributed by atoms with van der Waals surface area (Å²) in [6.45, 7) is 6.53. The van der Waals surface area contributed by atoms with Crippen molar-refractivity contribution in [3.63, 3.8) is 0 Å². The van der Waals surface area contributed by atoms with Gasteiger partial charge in [0.1, 0.15) is 0 Å². The molecular formula is C22H31N3O3. The van der Waals surface area contributed by atoms with Gasteiger partial charge in [0.2, 0.25) is 0 Å². The number of hydrogen-bond donors (Lipinski definition) is 3. The minimum absolute atomic E-state index is 0.291. The molecule has 1 aliphatic heterocycles. The van der Waals surface area contributed by atoms with Gasteiger partial charge in [-0.3, -0.25) is 0 Å². The van der Waals surface area contributed by atoms with Crippen molar-refractivity contribution < 1.29 is 14.3 Å². The smallest absolute Gasteiger partial charge is 0.338 e. The molecule has 1 aromatic carbocycles. The maximum atomic E-state index is 12.8. The first-order valence-electron chi connectivity index (χ1n) is 10.3. The van der Waals surface area contributed by atoms with Gasteiger partial charge in [0.05, 0.1) is 18.2 Å². The Hall–Kier alpha value is -2.34. The largest absolute Gasteiger partial charge is 0.463 e. The number of rotatable bonds is 6. The molecule has 1 heterocycles. The number of ether oxygens (including phenoxy) is 1. The van der Waals surface area contributed by atoms with Gasteiger partial charge in [0, 0.05) is 18.3 Å². The van der Waals surface area contributed by atoms with E-state index in [0.29, 0.717) is 30.5 Å². The fourth-order valence-corrected chi connectivity index (χ4v) is 4.06. The first-order valence-corrected chi connectivity index (χ1v) is 10.3. The van der Waals surface area contributed by atoms with Crippen LogP contribution in [0.4, 0.5) is 4.79 Å². The lowest BCUT2D eigenvalue weighted by Gasteiger charge is -2.31. The Morgan fingerprint density at radius 2 is 1.96 bits per heavy atom. The zero-order chi connectivity index (χ0) is 20.1. The molecule has 1 fully saturated rings. The summed E-state index contributed by atoms with van der Waals surface area (Å²) in [6, 6.07) is 5.69. The number of amides is 2. The zero-order valence-corrected chi connectivity index (χ0v) is 17.1. The molecule has 1 aliphatic carbocycles. The van der Waals surface area contributed by atoms with Crippen LogP contribution in [0.25, 0.3) is 0 Å². The van der Waals surface area contributed by atoms with E-state index in [1.54, 1.807) is 6.92 Å². The summed E-state index contributed by atoms with van der Waals surface area (Å²) in [5, 5.41) is 9.30. The Labute approximate surface area is 167 Å². The van der Waals surface area contributed by atoms with Crippen LogP contribution in [0.5, 0.6) is 0 Å². The molecule has 1 aromatic rings. The molecule has 0 unspecified atom stereocenters. The monoisotopic (exact) mass is 385 g/mol. The van der Waals surface area contributed by atoms with Crippen LogP contribution in [0.1, 0.15) is 61.8 Å². The minimum Gasteiger partial charge on any atom is -0.463 e. The Bertz CT molecular complexity index is 766. The average Bonchev–Trinajstić information content (AvgIpc) is 2.68. The van der Waals surface area contributed by atoms with Crippen molar-refractivity contribution in [2.24, 2.45) is 0 Å². The van der Waals surface area contributed by atoms with Crippen molar-refractivity contribution in [1.29, 1.82) is 0 Å². The highest BCUT2D eigenvalue weighted by atomic mass is 16.5.